The van der Waals surface area contributed by atoms with Crippen LogP contribution in [0.4, 0.5) is 0 Å². The fraction of sp³-hybridized carbons (Fsp3) is 0.733. The number of hydrogen-bond donors (Lipinski definition) is 2. The van der Waals surface area contributed by atoms with Crippen LogP contribution < -0.4 is 10.6 Å². The molecular weight excluding hydrogens is 270 g/mol. The molecular formula is C15H22N3O3. The van der Waals surface area contributed by atoms with Gasteiger partial charge in [0.25, 0.3) is 0 Å². The number of amides is 3. The zero-order valence-electron chi connectivity index (χ0n) is 12.1. The van der Waals surface area contributed by atoms with E-state index >= 15 is 0 Å². The number of carbonyl (C=O) groups is 3. The average Bonchev–Trinajstić information content (AvgIpc) is 2.48. The Kier molecular flexibility index (Phi) is 4.12. The van der Waals surface area contributed by atoms with E-state index in [1.54, 1.807) is 0 Å². The van der Waals surface area contributed by atoms with Crippen LogP contribution in [0.5, 0.6) is 0 Å². The Balaban J connectivity index is 1.65. The SMILES string of the molecule is O=C1CCC(N2[CH]CCC(C3CCNC(=O)C3)C2=O)CN1. The Morgan fingerprint density at radius 2 is 1.90 bits per heavy atom. The van der Waals surface area contributed by atoms with Gasteiger partial charge in [0.2, 0.25) is 17.7 Å². The van der Waals surface area contributed by atoms with Crippen molar-refractivity contribution in [3.63, 3.8) is 0 Å². The maximum atomic E-state index is 12.8. The molecule has 3 aliphatic heterocycles. The monoisotopic (exact) mass is 292 g/mol. The second kappa shape index (κ2) is 6.03. The van der Waals surface area contributed by atoms with Gasteiger partial charge in [-0.1, -0.05) is 0 Å². The van der Waals surface area contributed by atoms with Gasteiger partial charge < -0.3 is 15.5 Å². The highest BCUT2D eigenvalue weighted by molar-refractivity contribution is 5.84. The number of piperidine rings is 3. The third-order valence-corrected chi connectivity index (χ3v) is 4.86. The lowest BCUT2D eigenvalue weighted by Gasteiger charge is -2.42. The van der Waals surface area contributed by atoms with E-state index in [1.807, 2.05) is 11.4 Å². The van der Waals surface area contributed by atoms with E-state index in [-0.39, 0.29) is 35.6 Å². The quantitative estimate of drug-likeness (QED) is 0.762. The van der Waals surface area contributed by atoms with Crippen LogP contribution >= 0.6 is 0 Å². The minimum Gasteiger partial charge on any atom is -0.356 e. The molecule has 0 aromatic carbocycles. The molecule has 3 saturated heterocycles. The molecule has 3 unspecified atom stereocenters. The molecule has 3 rings (SSSR count). The summed E-state index contributed by atoms with van der Waals surface area (Å²) in [5.41, 5.74) is 0. The lowest BCUT2D eigenvalue weighted by atomic mass is 9.78. The number of hydrogen-bond acceptors (Lipinski definition) is 3. The molecule has 115 valence electrons. The molecule has 1 radical (unpaired) electrons. The van der Waals surface area contributed by atoms with Gasteiger partial charge in [-0.05, 0) is 31.6 Å². The Hall–Kier alpha value is -1.59. The summed E-state index contributed by atoms with van der Waals surface area (Å²) >= 11 is 0. The number of nitrogens with zero attached hydrogens (tertiary/aromatic N) is 1. The van der Waals surface area contributed by atoms with Crippen molar-refractivity contribution < 1.29 is 14.4 Å². The van der Waals surface area contributed by atoms with Gasteiger partial charge in [-0.2, -0.15) is 0 Å². The van der Waals surface area contributed by atoms with E-state index in [9.17, 15) is 14.4 Å². The summed E-state index contributed by atoms with van der Waals surface area (Å²) in [4.78, 5) is 37.4. The van der Waals surface area contributed by atoms with Crippen molar-refractivity contribution in [2.45, 2.75) is 44.6 Å². The molecule has 21 heavy (non-hydrogen) atoms. The lowest BCUT2D eigenvalue weighted by molar-refractivity contribution is -0.143. The molecule has 3 aliphatic rings. The third-order valence-electron chi connectivity index (χ3n) is 4.86. The zero-order valence-corrected chi connectivity index (χ0v) is 12.1. The van der Waals surface area contributed by atoms with Gasteiger partial charge >= 0.3 is 0 Å². The fourth-order valence-corrected chi connectivity index (χ4v) is 3.67. The largest absolute Gasteiger partial charge is 0.356 e. The first kappa shape index (κ1) is 14.4. The number of carbonyl (C=O) groups excluding carboxylic acids is 3. The van der Waals surface area contributed by atoms with Gasteiger partial charge in [-0.15, -0.1) is 0 Å². The summed E-state index contributed by atoms with van der Waals surface area (Å²) in [5.74, 6) is 0.391. The van der Waals surface area contributed by atoms with Crippen molar-refractivity contribution in [2.75, 3.05) is 13.1 Å². The molecule has 0 saturated carbocycles. The van der Waals surface area contributed by atoms with Crippen molar-refractivity contribution in [1.29, 1.82) is 0 Å². The second-order valence-corrected chi connectivity index (χ2v) is 6.21. The molecule has 0 aromatic heterocycles. The van der Waals surface area contributed by atoms with E-state index in [2.05, 4.69) is 10.6 Å². The molecule has 6 heteroatoms. The number of likely N-dealkylation sites (tertiary alicyclic amines) is 1. The molecule has 0 spiro atoms. The van der Waals surface area contributed by atoms with E-state index in [0.29, 0.717) is 25.9 Å². The first-order chi connectivity index (χ1) is 10.1. The van der Waals surface area contributed by atoms with Crippen molar-refractivity contribution in [3.05, 3.63) is 6.54 Å². The summed E-state index contributed by atoms with van der Waals surface area (Å²) in [7, 11) is 0. The average molecular weight is 292 g/mol. The molecule has 2 N–H and O–H groups in total. The predicted molar refractivity (Wildman–Crippen MR) is 75.6 cm³/mol. The van der Waals surface area contributed by atoms with E-state index < -0.39 is 0 Å². The van der Waals surface area contributed by atoms with E-state index in [0.717, 1.165) is 25.7 Å². The molecule has 0 bridgehead atoms. The van der Waals surface area contributed by atoms with Gasteiger partial charge in [0.1, 0.15) is 0 Å². The maximum absolute atomic E-state index is 12.8. The number of rotatable bonds is 2. The number of nitrogens with one attached hydrogen (secondary N) is 2. The topological polar surface area (TPSA) is 78.5 Å². The van der Waals surface area contributed by atoms with E-state index in [4.69, 9.17) is 0 Å². The van der Waals surface area contributed by atoms with Crippen LogP contribution in [0.2, 0.25) is 0 Å². The van der Waals surface area contributed by atoms with Crippen LogP contribution in [-0.2, 0) is 14.4 Å². The standard InChI is InChI=1S/C15H22N3O3/c19-13-4-3-11(9-17-13)18-7-1-2-12(15(18)21)10-5-6-16-14(20)8-10/h7,10-12H,1-6,8-9H2,(H,16,20)(H,17,19). The smallest absolute Gasteiger partial charge is 0.226 e. The van der Waals surface area contributed by atoms with Gasteiger partial charge in [0.05, 0.1) is 6.54 Å². The molecule has 3 heterocycles. The van der Waals surface area contributed by atoms with Crippen LogP contribution in [0.25, 0.3) is 0 Å². The summed E-state index contributed by atoms with van der Waals surface area (Å²) in [6, 6.07) is 0.0791. The van der Waals surface area contributed by atoms with Crippen molar-refractivity contribution in [2.24, 2.45) is 11.8 Å². The molecule has 6 nitrogen and oxygen atoms in total. The van der Waals surface area contributed by atoms with Crippen LogP contribution in [0.3, 0.4) is 0 Å². The summed E-state index contributed by atoms with van der Waals surface area (Å²) < 4.78 is 0. The minimum absolute atomic E-state index is 0.0429. The van der Waals surface area contributed by atoms with Crippen LogP contribution in [0, 0.1) is 18.4 Å². The van der Waals surface area contributed by atoms with Crippen molar-refractivity contribution >= 4 is 17.7 Å². The normalized spacial score (nSPS) is 34.4. The van der Waals surface area contributed by atoms with Crippen LogP contribution in [0.15, 0.2) is 0 Å². The van der Waals surface area contributed by atoms with Crippen LogP contribution in [-0.4, -0.2) is 41.8 Å². The molecule has 0 aromatic rings. The first-order valence-electron chi connectivity index (χ1n) is 7.84. The Morgan fingerprint density at radius 1 is 1.05 bits per heavy atom. The van der Waals surface area contributed by atoms with E-state index in [1.165, 1.54) is 0 Å². The summed E-state index contributed by atoms with van der Waals surface area (Å²) in [6.07, 6.45) is 4.28. The molecule has 3 atom stereocenters. The predicted octanol–water partition coefficient (Wildman–Crippen LogP) is 0.192. The summed E-state index contributed by atoms with van der Waals surface area (Å²) in [6.45, 7) is 3.19. The van der Waals surface area contributed by atoms with Crippen molar-refractivity contribution in [3.8, 4) is 0 Å². The van der Waals surface area contributed by atoms with Crippen molar-refractivity contribution in [1.82, 2.24) is 15.5 Å². The first-order valence-corrected chi connectivity index (χ1v) is 7.84. The molecule has 0 aliphatic carbocycles. The molecule has 3 amide bonds. The summed E-state index contributed by atoms with van der Waals surface area (Å²) in [5, 5.41) is 5.66. The highest BCUT2D eigenvalue weighted by Crippen LogP contribution is 2.34. The minimum atomic E-state index is -0.0429. The lowest BCUT2D eigenvalue weighted by Crippen LogP contribution is -2.53. The Labute approximate surface area is 124 Å². The Bertz CT molecular complexity index is 441. The van der Waals surface area contributed by atoms with Gasteiger partial charge in [0, 0.05) is 37.9 Å². The fourth-order valence-electron chi connectivity index (χ4n) is 3.67. The third kappa shape index (κ3) is 3.04. The van der Waals surface area contributed by atoms with Crippen LogP contribution in [0.1, 0.15) is 38.5 Å². The highest BCUT2D eigenvalue weighted by atomic mass is 16.2. The highest BCUT2D eigenvalue weighted by Gasteiger charge is 2.39. The molecule has 3 fully saturated rings. The van der Waals surface area contributed by atoms with Gasteiger partial charge in [0.15, 0.2) is 0 Å². The van der Waals surface area contributed by atoms with Gasteiger partial charge in [-0.25, -0.2) is 0 Å². The Morgan fingerprint density at radius 3 is 2.62 bits per heavy atom. The zero-order chi connectivity index (χ0) is 14.8. The second-order valence-electron chi connectivity index (χ2n) is 6.21. The maximum Gasteiger partial charge on any atom is 0.226 e. The van der Waals surface area contributed by atoms with Gasteiger partial charge in [-0.3, -0.25) is 14.4 Å².